The van der Waals surface area contributed by atoms with Crippen molar-refractivity contribution < 1.29 is 14.3 Å². The van der Waals surface area contributed by atoms with Crippen LogP contribution in [0.25, 0.3) is 0 Å². The molecule has 7 nitrogen and oxygen atoms in total. The number of esters is 1. The van der Waals surface area contributed by atoms with E-state index in [1.165, 1.54) is 5.38 Å². The highest BCUT2D eigenvalue weighted by Gasteiger charge is 2.11. The van der Waals surface area contributed by atoms with Crippen molar-refractivity contribution in [2.45, 2.75) is 6.92 Å². The first kappa shape index (κ1) is 11.2. The summed E-state index contributed by atoms with van der Waals surface area (Å²) in [5, 5.41) is 1.88. The van der Waals surface area contributed by atoms with Crippen LogP contribution in [0.3, 0.4) is 0 Å². The predicted octanol–water partition coefficient (Wildman–Crippen LogP) is 0.315. The van der Waals surface area contributed by atoms with Gasteiger partial charge >= 0.3 is 12.0 Å². The molecule has 0 aliphatic carbocycles. The van der Waals surface area contributed by atoms with Crippen LogP contribution in [0.15, 0.2) is 5.38 Å². The Morgan fingerprint density at radius 1 is 1.67 bits per heavy atom. The van der Waals surface area contributed by atoms with Crippen molar-refractivity contribution in [3.63, 3.8) is 0 Å². The van der Waals surface area contributed by atoms with E-state index in [0.29, 0.717) is 11.7 Å². The predicted molar refractivity (Wildman–Crippen MR) is 54.4 cm³/mol. The van der Waals surface area contributed by atoms with Gasteiger partial charge < -0.3 is 10.5 Å². The summed E-state index contributed by atoms with van der Waals surface area (Å²) in [6.07, 6.45) is 0. The minimum absolute atomic E-state index is 0.190. The zero-order valence-corrected chi connectivity index (χ0v) is 8.76. The second-order valence-electron chi connectivity index (χ2n) is 2.37. The first-order valence-corrected chi connectivity index (χ1v) is 4.95. The van der Waals surface area contributed by atoms with Crippen LogP contribution in [0.4, 0.5) is 9.93 Å². The lowest BCUT2D eigenvalue weighted by Gasteiger charge is -2.00. The van der Waals surface area contributed by atoms with Crippen LogP contribution >= 0.6 is 11.3 Å². The average molecular weight is 230 g/mol. The number of urea groups is 1. The number of ether oxygens (including phenoxy) is 1. The molecule has 8 heteroatoms. The molecule has 0 atom stereocenters. The van der Waals surface area contributed by atoms with E-state index in [1.807, 2.05) is 0 Å². The maximum atomic E-state index is 11.2. The van der Waals surface area contributed by atoms with Crippen LogP contribution in [-0.2, 0) is 4.74 Å². The molecule has 82 valence electrons. The van der Waals surface area contributed by atoms with Gasteiger partial charge in [-0.1, -0.05) is 0 Å². The third kappa shape index (κ3) is 3.43. The van der Waals surface area contributed by atoms with E-state index in [4.69, 9.17) is 10.5 Å². The Morgan fingerprint density at radius 2 is 2.40 bits per heavy atom. The van der Waals surface area contributed by atoms with Gasteiger partial charge in [-0.3, -0.25) is 5.43 Å². The van der Waals surface area contributed by atoms with Crippen molar-refractivity contribution in [1.82, 2.24) is 10.4 Å². The van der Waals surface area contributed by atoms with Gasteiger partial charge in [0.1, 0.15) is 0 Å². The highest BCUT2D eigenvalue weighted by Crippen LogP contribution is 2.14. The summed E-state index contributed by atoms with van der Waals surface area (Å²) in [5.74, 6) is -0.499. The number of amides is 2. The number of rotatable bonds is 4. The van der Waals surface area contributed by atoms with Crippen molar-refractivity contribution in [1.29, 1.82) is 0 Å². The normalized spacial score (nSPS) is 9.40. The van der Waals surface area contributed by atoms with Gasteiger partial charge in [-0.2, -0.15) is 0 Å². The van der Waals surface area contributed by atoms with Gasteiger partial charge in [0.25, 0.3) is 0 Å². The van der Waals surface area contributed by atoms with Crippen LogP contribution < -0.4 is 16.6 Å². The fourth-order valence-electron chi connectivity index (χ4n) is 0.745. The number of carbonyl (C=O) groups is 2. The molecular formula is C7H10N4O3S. The summed E-state index contributed by atoms with van der Waals surface area (Å²) in [5.41, 5.74) is 9.58. The topological polar surface area (TPSA) is 106 Å². The second kappa shape index (κ2) is 5.15. The fraction of sp³-hybridized carbons (Fsp3) is 0.286. The van der Waals surface area contributed by atoms with Crippen molar-refractivity contribution in [2.24, 2.45) is 5.73 Å². The molecule has 1 heterocycles. The number of hydrogen-bond acceptors (Lipinski definition) is 6. The van der Waals surface area contributed by atoms with Crippen molar-refractivity contribution >= 4 is 28.5 Å². The summed E-state index contributed by atoms with van der Waals surface area (Å²) in [7, 11) is 0. The molecule has 0 aromatic carbocycles. The van der Waals surface area contributed by atoms with Gasteiger partial charge in [-0.15, -0.1) is 11.3 Å². The third-order valence-corrected chi connectivity index (χ3v) is 2.04. The molecule has 0 unspecified atom stereocenters. The van der Waals surface area contributed by atoms with E-state index in [2.05, 4.69) is 15.8 Å². The number of anilines is 1. The fourth-order valence-corrected chi connectivity index (χ4v) is 1.38. The number of hydrogen-bond donors (Lipinski definition) is 3. The van der Waals surface area contributed by atoms with Gasteiger partial charge in [0.05, 0.1) is 6.61 Å². The molecule has 0 saturated carbocycles. The molecule has 1 aromatic heterocycles. The molecule has 4 N–H and O–H groups in total. The summed E-state index contributed by atoms with van der Waals surface area (Å²) in [6.45, 7) is 2.00. The van der Waals surface area contributed by atoms with E-state index in [0.717, 1.165) is 11.3 Å². The molecule has 1 rings (SSSR count). The monoisotopic (exact) mass is 230 g/mol. The first-order valence-electron chi connectivity index (χ1n) is 4.07. The van der Waals surface area contributed by atoms with Crippen LogP contribution in [0.2, 0.25) is 0 Å². The molecule has 0 saturated heterocycles. The zero-order chi connectivity index (χ0) is 11.3. The number of nitrogens with two attached hydrogens (primary N) is 1. The van der Waals surface area contributed by atoms with Gasteiger partial charge in [-0.05, 0) is 6.92 Å². The van der Waals surface area contributed by atoms with E-state index < -0.39 is 12.0 Å². The van der Waals surface area contributed by atoms with Gasteiger partial charge in [0.2, 0.25) is 5.13 Å². The number of nitrogens with one attached hydrogen (secondary N) is 2. The quantitative estimate of drug-likeness (QED) is 0.510. The number of aromatic nitrogens is 1. The lowest BCUT2D eigenvalue weighted by atomic mass is 10.5. The third-order valence-electron chi connectivity index (χ3n) is 1.28. The number of primary amides is 1. The minimum atomic E-state index is -0.733. The molecule has 0 aliphatic heterocycles. The highest BCUT2D eigenvalue weighted by atomic mass is 32.1. The van der Waals surface area contributed by atoms with E-state index >= 15 is 0 Å². The number of thiazole rings is 1. The largest absolute Gasteiger partial charge is 0.461 e. The molecule has 15 heavy (non-hydrogen) atoms. The Morgan fingerprint density at radius 3 is 3.00 bits per heavy atom. The number of nitrogens with zero attached hydrogens (tertiary/aromatic N) is 1. The molecule has 0 bridgehead atoms. The molecule has 2 amide bonds. The zero-order valence-electron chi connectivity index (χ0n) is 7.94. The molecule has 0 aliphatic rings. The first-order chi connectivity index (χ1) is 7.13. The van der Waals surface area contributed by atoms with Gasteiger partial charge in [-0.25, -0.2) is 20.0 Å². The Balaban J connectivity index is 2.56. The van der Waals surface area contributed by atoms with Crippen molar-refractivity contribution in [3.05, 3.63) is 11.1 Å². The maximum absolute atomic E-state index is 11.2. The standard InChI is InChI=1S/C7H10N4O3S/c1-2-14-5(12)4-3-15-7(9-4)11-10-6(8)13/h3H,2H2,1H3,(H,9,11)(H3,8,10,13). The van der Waals surface area contributed by atoms with Crippen LogP contribution in [0, 0.1) is 0 Å². The molecule has 1 aromatic rings. The van der Waals surface area contributed by atoms with E-state index in [1.54, 1.807) is 6.92 Å². The van der Waals surface area contributed by atoms with Crippen LogP contribution in [0.1, 0.15) is 17.4 Å². The smallest absolute Gasteiger partial charge is 0.357 e. The maximum Gasteiger partial charge on any atom is 0.357 e. The number of hydrazine groups is 1. The Labute approximate surface area is 89.6 Å². The summed E-state index contributed by atoms with van der Waals surface area (Å²) < 4.78 is 4.73. The van der Waals surface area contributed by atoms with Crippen LogP contribution in [0.5, 0.6) is 0 Å². The summed E-state index contributed by atoms with van der Waals surface area (Å²) in [4.78, 5) is 25.4. The Hall–Kier alpha value is -1.83. The van der Waals surface area contributed by atoms with Crippen molar-refractivity contribution in [2.75, 3.05) is 12.0 Å². The molecule has 0 fully saturated rings. The lowest BCUT2D eigenvalue weighted by molar-refractivity contribution is 0.0520. The summed E-state index contributed by atoms with van der Waals surface area (Å²) in [6, 6.07) is -0.733. The SMILES string of the molecule is CCOC(=O)c1csc(NNC(N)=O)n1. The highest BCUT2D eigenvalue weighted by molar-refractivity contribution is 7.13. The molecule has 0 radical (unpaired) electrons. The van der Waals surface area contributed by atoms with E-state index in [-0.39, 0.29) is 5.69 Å². The van der Waals surface area contributed by atoms with Gasteiger partial charge in [0, 0.05) is 5.38 Å². The van der Waals surface area contributed by atoms with Crippen LogP contribution in [-0.4, -0.2) is 23.6 Å². The Kier molecular flexibility index (Phi) is 3.86. The summed E-state index contributed by atoms with van der Waals surface area (Å²) >= 11 is 1.15. The lowest BCUT2D eigenvalue weighted by Crippen LogP contribution is -2.34. The Bertz CT molecular complexity index is 365. The second-order valence-corrected chi connectivity index (χ2v) is 3.23. The van der Waals surface area contributed by atoms with Gasteiger partial charge in [0.15, 0.2) is 5.69 Å². The molecular weight excluding hydrogens is 220 g/mol. The average Bonchev–Trinajstić information content (AvgIpc) is 2.63. The minimum Gasteiger partial charge on any atom is -0.461 e. The number of carbonyl (C=O) groups excluding carboxylic acids is 2. The van der Waals surface area contributed by atoms with Crippen molar-refractivity contribution in [3.8, 4) is 0 Å². The van der Waals surface area contributed by atoms with E-state index in [9.17, 15) is 9.59 Å². The molecule has 0 spiro atoms.